The fourth-order valence-corrected chi connectivity index (χ4v) is 5.14. The number of nitrogens with one attached hydrogen (secondary N) is 3. The van der Waals surface area contributed by atoms with Crippen LogP contribution in [0.15, 0.2) is 30.5 Å². The second kappa shape index (κ2) is 9.19. The van der Waals surface area contributed by atoms with Crippen molar-refractivity contribution in [3.8, 4) is 11.4 Å². The van der Waals surface area contributed by atoms with Gasteiger partial charge in [0.05, 0.1) is 11.4 Å². The van der Waals surface area contributed by atoms with Crippen molar-refractivity contribution in [1.29, 1.82) is 0 Å². The van der Waals surface area contributed by atoms with Crippen LogP contribution in [0.4, 0.5) is 16.4 Å². The van der Waals surface area contributed by atoms with E-state index in [4.69, 9.17) is 10.8 Å². The maximum absolute atomic E-state index is 13.2. The first-order valence-corrected chi connectivity index (χ1v) is 12.0. The summed E-state index contributed by atoms with van der Waals surface area (Å²) in [6.07, 6.45) is 2.43. The molecule has 192 valence electrons. The van der Waals surface area contributed by atoms with Crippen LogP contribution in [0.1, 0.15) is 58.7 Å². The monoisotopic (exact) mass is 504 g/mol. The number of nitrogens with two attached hydrogens (primary N) is 1. The van der Waals surface area contributed by atoms with Gasteiger partial charge in [-0.05, 0) is 54.5 Å². The highest BCUT2D eigenvalue weighted by Crippen LogP contribution is 2.42. The minimum absolute atomic E-state index is 0.130. The Morgan fingerprint density at radius 1 is 1.16 bits per heavy atom. The standard InChI is InChI=1S/C25H28N8O4/c1-25(2)11-14-12-27-23(26)30-18(14)19-17(25)20(32-31-19)21(34)28-15-5-3-13(4-6-15)22(35)33-9-7-16(8-10-33)29-24(36)37/h3-6,12,16,29H,7-11H2,1-2H3,(H,28,34)(H,31,32)(H,36,37)(H2,26,27,30). The number of fused-ring (bicyclic) bond motifs is 3. The number of nitrogens with zero attached hydrogens (tertiary/aromatic N) is 4. The number of hydrogen-bond donors (Lipinski definition) is 5. The molecule has 12 nitrogen and oxygen atoms in total. The third kappa shape index (κ3) is 4.69. The zero-order chi connectivity index (χ0) is 26.3. The number of aromatic nitrogens is 4. The molecule has 2 aliphatic rings. The van der Waals surface area contributed by atoms with E-state index in [1.165, 1.54) is 0 Å². The van der Waals surface area contributed by atoms with Gasteiger partial charge in [0.15, 0.2) is 5.69 Å². The number of H-pyrrole nitrogens is 1. The molecule has 0 radical (unpaired) electrons. The summed E-state index contributed by atoms with van der Waals surface area (Å²) in [5, 5.41) is 21.5. The maximum atomic E-state index is 13.2. The lowest BCUT2D eigenvalue weighted by molar-refractivity contribution is 0.0706. The molecule has 0 saturated carbocycles. The Balaban J connectivity index is 1.29. The van der Waals surface area contributed by atoms with E-state index in [-0.39, 0.29) is 34.9 Å². The minimum atomic E-state index is -1.05. The smallest absolute Gasteiger partial charge is 0.404 e. The molecule has 5 rings (SSSR count). The molecule has 1 fully saturated rings. The second-order valence-electron chi connectivity index (χ2n) is 10.0. The summed E-state index contributed by atoms with van der Waals surface area (Å²) < 4.78 is 0. The van der Waals surface area contributed by atoms with Crippen molar-refractivity contribution in [3.63, 3.8) is 0 Å². The number of anilines is 2. The summed E-state index contributed by atoms with van der Waals surface area (Å²) >= 11 is 0. The topological polar surface area (TPSA) is 179 Å². The number of amides is 3. The van der Waals surface area contributed by atoms with Crippen LogP contribution < -0.4 is 16.4 Å². The van der Waals surface area contributed by atoms with Crippen molar-refractivity contribution >= 4 is 29.5 Å². The number of carbonyl (C=O) groups is 3. The van der Waals surface area contributed by atoms with Gasteiger partial charge in [0, 0.05) is 42.1 Å². The normalized spacial score (nSPS) is 16.4. The number of carbonyl (C=O) groups excluding carboxylic acids is 2. The van der Waals surface area contributed by atoms with Gasteiger partial charge in [0.2, 0.25) is 5.95 Å². The lowest BCUT2D eigenvalue weighted by atomic mass is 9.73. The summed E-state index contributed by atoms with van der Waals surface area (Å²) in [7, 11) is 0. The molecular formula is C25H28N8O4. The molecule has 12 heteroatoms. The molecule has 0 bridgehead atoms. The van der Waals surface area contributed by atoms with Crippen molar-refractivity contribution < 1.29 is 19.5 Å². The highest BCUT2D eigenvalue weighted by molar-refractivity contribution is 6.05. The maximum Gasteiger partial charge on any atom is 0.404 e. The Morgan fingerprint density at radius 2 is 1.86 bits per heavy atom. The number of piperidine rings is 1. The molecule has 0 spiro atoms. The molecule has 2 aromatic heterocycles. The van der Waals surface area contributed by atoms with Gasteiger partial charge >= 0.3 is 6.09 Å². The Labute approximate surface area is 212 Å². The number of likely N-dealkylation sites (tertiary alicyclic amines) is 1. The summed E-state index contributed by atoms with van der Waals surface area (Å²) in [5.41, 5.74) is 9.73. The first-order valence-electron chi connectivity index (χ1n) is 12.0. The van der Waals surface area contributed by atoms with Crippen LogP contribution in [-0.4, -0.2) is 67.2 Å². The number of aromatic amines is 1. The van der Waals surface area contributed by atoms with E-state index in [1.807, 2.05) is 13.8 Å². The Hall–Kier alpha value is -4.48. The molecular weight excluding hydrogens is 476 g/mol. The molecule has 3 heterocycles. The van der Waals surface area contributed by atoms with E-state index in [2.05, 4.69) is 30.8 Å². The molecule has 3 aromatic rings. The number of hydrogen-bond acceptors (Lipinski definition) is 7. The first-order chi connectivity index (χ1) is 17.6. The molecule has 6 N–H and O–H groups in total. The van der Waals surface area contributed by atoms with Crippen molar-refractivity contribution in [1.82, 2.24) is 30.4 Å². The number of nitrogen functional groups attached to an aromatic ring is 1. The zero-order valence-corrected chi connectivity index (χ0v) is 20.5. The van der Waals surface area contributed by atoms with Crippen LogP contribution >= 0.6 is 0 Å². The Morgan fingerprint density at radius 3 is 2.54 bits per heavy atom. The van der Waals surface area contributed by atoms with Crippen LogP contribution in [0, 0.1) is 0 Å². The van der Waals surface area contributed by atoms with E-state index in [1.54, 1.807) is 35.4 Å². The van der Waals surface area contributed by atoms with Crippen LogP contribution in [0.3, 0.4) is 0 Å². The van der Waals surface area contributed by atoms with Crippen molar-refractivity contribution in [2.75, 3.05) is 24.1 Å². The Bertz CT molecular complexity index is 1370. The van der Waals surface area contributed by atoms with Gasteiger partial charge in [0.25, 0.3) is 11.8 Å². The fourth-order valence-electron chi connectivity index (χ4n) is 5.14. The SMILES string of the molecule is CC1(C)Cc2cnc(N)nc2-c2[nH]nc(C(=O)Nc3ccc(C(=O)N4CCC(NC(=O)O)CC4)cc3)c21. The highest BCUT2D eigenvalue weighted by Gasteiger charge is 2.38. The van der Waals surface area contributed by atoms with Gasteiger partial charge < -0.3 is 26.4 Å². The molecule has 0 unspecified atom stereocenters. The highest BCUT2D eigenvalue weighted by atomic mass is 16.4. The summed E-state index contributed by atoms with van der Waals surface area (Å²) in [5.74, 6) is -0.348. The summed E-state index contributed by atoms with van der Waals surface area (Å²) in [6.45, 7) is 5.03. The van der Waals surface area contributed by atoms with E-state index in [9.17, 15) is 14.4 Å². The van der Waals surface area contributed by atoms with Crippen molar-refractivity contribution in [3.05, 3.63) is 52.8 Å². The average Bonchev–Trinajstić information content (AvgIpc) is 3.32. The molecule has 0 atom stereocenters. The third-order valence-electron chi connectivity index (χ3n) is 6.91. The molecule has 3 amide bonds. The molecule has 1 saturated heterocycles. The molecule has 1 aliphatic carbocycles. The molecule has 1 aromatic carbocycles. The van der Waals surface area contributed by atoms with Gasteiger partial charge in [0.1, 0.15) is 0 Å². The van der Waals surface area contributed by atoms with Crippen LogP contribution in [0.2, 0.25) is 0 Å². The fraction of sp³-hybridized carbons (Fsp3) is 0.360. The quantitative estimate of drug-likeness (QED) is 0.359. The third-order valence-corrected chi connectivity index (χ3v) is 6.91. The van der Waals surface area contributed by atoms with Crippen LogP contribution in [-0.2, 0) is 11.8 Å². The van der Waals surface area contributed by atoms with E-state index >= 15 is 0 Å². The van der Waals surface area contributed by atoms with E-state index in [0.29, 0.717) is 55.0 Å². The van der Waals surface area contributed by atoms with Crippen LogP contribution in [0.5, 0.6) is 0 Å². The number of carboxylic acid groups (broad SMARTS) is 1. The van der Waals surface area contributed by atoms with Gasteiger partial charge in [-0.3, -0.25) is 14.7 Å². The van der Waals surface area contributed by atoms with Gasteiger partial charge in [-0.15, -0.1) is 0 Å². The lowest BCUT2D eigenvalue weighted by Gasteiger charge is -2.32. The first kappa shape index (κ1) is 24.2. The largest absolute Gasteiger partial charge is 0.465 e. The molecule has 1 aliphatic heterocycles. The van der Waals surface area contributed by atoms with Crippen molar-refractivity contribution in [2.24, 2.45) is 0 Å². The molecule has 37 heavy (non-hydrogen) atoms. The predicted molar refractivity (Wildman–Crippen MR) is 135 cm³/mol. The summed E-state index contributed by atoms with van der Waals surface area (Å²) in [6, 6.07) is 6.54. The van der Waals surface area contributed by atoms with Gasteiger partial charge in [-0.1, -0.05) is 13.8 Å². The number of benzene rings is 1. The predicted octanol–water partition coefficient (Wildman–Crippen LogP) is 2.41. The van der Waals surface area contributed by atoms with Crippen molar-refractivity contribution in [2.45, 2.75) is 44.6 Å². The van der Waals surface area contributed by atoms with E-state index < -0.39 is 6.09 Å². The Kier molecular flexibility index (Phi) is 6.02. The minimum Gasteiger partial charge on any atom is -0.465 e. The second-order valence-corrected chi connectivity index (χ2v) is 10.0. The lowest BCUT2D eigenvalue weighted by Crippen LogP contribution is -2.46. The van der Waals surface area contributed by atoms with Gasteiger partial charge in [-0.25, -0.2) is 14.8 Å². The van der Waals surface area contributed by atoms with E-state index in [0.717, 1.165) is 11.1 Å². The van der Waals surface area contributed by atoms with Crippen LogP contribution in [0.25, 0.3) is 11.4 Å². The number of rotatable bonds is 4. The summed E-state index contributed by atoms with van der Waals surface area (Å²) in [4.78, 5) is 47.1. The van der Waals surface area contributed by atoms with Gasteiger partial charge in [-0.2, -0.15) is 5.10 Å². The zero-order valence-electron chi connectivity index (χ0n) is 20.5. The average molecular weight is 505 g/mol.